The first kappa shape index (κ1) is 28.5. The van der Waals surface area contributed by atoms with Gasteiger partial charge in [-0.3, -0.25) is 0 Å². The average molecular weight is 471 g/mol. The predicted molar refractivity (Wildman–Crippen MR) is 135 cm³/mol. The number of nitrogens with zero attached hydrogens (tertiary/aromatic N) is 5. The topological polar surface area (TPSA) is 84.9 Å². The van der Waals surface area contributed by atoms with Crippen LogP contribution in [-0.4, -0.2) is 75.9 Å². The summed E-state index contributed by atoms with van der Waals surface area (Å²) in [5.74, 6) is 1.95. The van der Waals surface area contributed by atoms with Crippen molar-refractivity contribution in [3.05, 3.63) is 0 Å². The van der Waals surface area contributed by atoms with Crippen molar-refractivity contribution in [3.8, 4) is 0 Å². The molecule has 0 saturated heterocycles. The van der Waals surface area contributed by atoms with Gasteiger partial charge in [0.05, 0.1) is 6.17 Å². The Labute approximate surface area is 196 Å². The molecule has 1 aromatic rings. The first-order valence-corrected chi connectivity index (χ1v) is 14.4. The fourth-order valence-corrected chi connectivity index (χ4v) is 5.59. The average Bonchev–Trinajstić information content (AvgIpc) is 2.79. The number of unbranched alkanes of at least 4 members (excludes halogenated alkanes) is 2. The van der Waals surface area contributed by atoms with Crippen LogP contribution in [-0.2, 0) is 13.3 Å². The van der Waals surface area contributed by atoms with E-state index in [9.17, 15) is 0 Å². The molecule has 0 aliphatic heterocycles. The Morgan fingerprint density at radius 1 is 0.688 bits per heavy atom. The SMILES string of the molecule is CCCCN(CC)c1nc(NC[Si](OCC)(OCC)OCC)nc(N(CC)CCCC)n1. The van der Waals surface area contributed by atoms with Crippen LogP contribution in [0.2, 0.25) is 0 Å². The summed E-state index contributed by atoms with van der Waals surface area (Å²) in [5.41, 5.74) is 0. The van der Waals surface area contributed by atoms with Gasteiger partial charge < -0.3 is 28.4 Å². The van der Waals surface area contributed by atoms with Crippen LogP contribution in [0.4, 0.5) is 17.8 Å². The molecule has 32 heavy (non-hydrogen) atoms. The Hall–Kier alpha value is -1.49. The summed E-state index contributed by atoms with van der Waals surface area (Å²) in [7, 11) is -2.86. The van der Waals surface area contributed by atoms with Crippen LogP contribution in [0.3, 0.4) is 0 Å². The highest BCUT2D eigenvalue weighted by Gasteiger charge is 2.40. The predicted octanol–water partition coefficient (Wildman–Crippen LogP) is 4.12. The van der Waals surface area contributed by atoms with Gasteiger partial charge in [-0.1, -0.05) is 26.7 Å². The van der Waals surface area contributed by atoms with Crippen LogP contribution in [0, 0.1) is 0 Å². The summed E-state index contributed by atoms with van der Waals surface area (Å²) in [5, 5.41) is 3.36. The number of aromatic nitrogens is 3. The maximum absolute atomic E-state index is 5.98. The molecule has 186 valence electrons. The van der Waals surface area contributed by atoms with Gasteiger partial charge in [0.15, 0.2) is 0 Å². The van der Waals surface area contributed by atoms with E-state index in [4.69, 9.17) is 28.2 Å². The molecule has 0 unspecified atom stereocenters. The second kappa shape index (κ2) is 16.2. The van der Waals surface area contributed by atoms with E-state index in [1.165, 1.54) is 0 Å². The molecule has 0 spiro atoms. The van der Waals surface area contributed by atoms with Crippen LogP contribution in [0.5, 0.6) is 0 Å². The van der Waals surface area contributed by atoms with Crippen molar-refractivity contribution in [2.45, 2.75) is 74.1 Å². The van der Waals surface area contributed by atoms with Gasteiger partial charge >= 0.3 is 8.80 Å². The Kier molecular flexibility index (Phi) is 14.4. The summed E-state index contributed by atoms with van der Waals surface area (Å²) in [6, 6.07) is 0. The molecule has 1 heterocycles. The molecular formula is C22H46N6O3Si. The minimum Gasteiger partial charge on any atom is -0.373 e. The lowest BCUT2D eigenvalue weighted by atomic mass is 10.3. The van der Waals surface area contributed by atoms with E-state index in [1.807, 2.05) is 20.8 Å². The van der Waals surface area contributed by atoms with Gasteiger partial charge in [-0.05, 0) is 47.5 Å². The van der Waals surface area contributed by atoms with Gasteiger partial charge in [0, 0.05) is 46.0 Å². The largest absolute Gasteiger partial charge is 0.521 e. The molecule has 9 nitrogen and oxygen atoms in total. The van der Waals surface area contributed by atoms with E-state index in [0.717, 1.165) is 51.9 Å². The van der Waals surface area contributed by atoms with Crippen molar-refractivity contribution in [1.82, 2.24) is 15.0 Å². The molecule has 0 amide bonds. The van der Waals surface area contributed by atoms with Crippen LogP contribution in [0.15, 0.2) is 0 Å². The van der Waals surface area contributed by atoms with Gasteiger partial charge in [-0.2, -0.15) is 15.0 Å². The zero-order valence-corrected chi connectivity index (χ0v) is 22.4. The Morgan fingerprint density at radius 2 is 1.12 bits per heavy atom. The van der Waals surface area contributed by atoms with Crippen LogP contribution in [0.25, 0.3) is 0 Å². The molecule has 0 radical (unpaired) electrons. The lowest BCUT2D eigenvalue weighted by Crippen LogP contribution is -2.52. The molecule has 0 fully saturated rings. The van der Waals surface area contributed by atoms with Crippen LogP contribution in [0.1, 0.15) is 74.1 Å². The van der Waals surface area contributed by atoms with E-state index >= 15 is 0 Å². The van der Waals surface area contributed by atoms with E-state index in [2.05, 4.69) is 42.8 Å². The third-order valence-electron chi connectivity index (χ3n) is 5.06. The van der Waals surface area contributed by atoms with Crippen molar-refractivity contribution >= 4 is 26.6 Å². The molecule has 1 rings (SSSR count). The lowest BCUT2D eigenvalue weighted by Gasteiger charge is -2.29. The zero-order valence-electron chi connectivity index (χ0n) is 21.4. The lowest BCUT2D eigenvalue weighted by molar-refractivity contribution is 0.0740. The third-order valence-corrected chi connectivity index (χ3v) is 7.86. The highest BCUT2D eigenvalue weighted by molar-refractivity contribution is 6.61. The van der Waals surface area contributed by atoms with Crippen molar-refractivity contribution in [3.63, 3.8) is 0 Å². The smallest absolute Gasteiger partial charge is 0.373 e. The molecule has 0 bridgehead atoms. The second-order valence-corrected chi connectivity index (χ2v) is 10.0. The number of nitrogens with one attached hydrogen (secondary N) is 1. The first-order valence-electron chi connectivity index (χ1n) is 12.4. The molecular weight excluding hydrogens is 424 g/mol. The minimum atomic E-state index is -2.86. The van der Waals surface area contributed by atoms with Gasteiger partial charge in [-0.15, -0.1) is 0 Å². The number of anilines is 3. The Morgan fingerprint density at radius 3 is 1.47 bits per heavy atom. The number of hydrogen-bond acceptors (Lipinski definition) is 9. The van der Waals surface area contributed by atoms with E-state index in [1.54, 1.807) is 0 Å². The van der Waals surface area contributed by atoms with Gasteiger partial charge in [0.2, 0.25) is 17.8 Å². The molecule has 0 aliphatic rings. The third kappa shape index (κ3) is 9.17. The summed E-state index contributed by atoms with van der Waals surface area (Å²) >= 11 is 0. The maximum atomic E-state index is 5.98. The highest BCUT2D eigenvalue weighted by Crippen LogP contribution is 2.19. The van der Waals surface area contributed by atoms with Crippen molar-refractivity contribution in [2.24, 2.45) is 0 Å². The van der Waals surface area contributed by atoms with Crippen LogP contribution >= 0.6 is 0 Å². The molecule has 0 saturated carbocycles. The zero-order chi connectivity index (χ0) is 23.8. The van der Waals surface area contributed by atoms with E-state index in [-0.39, 0.29) is 0 Å². The fraction of sp³-hybridized carbons (Fsp3) is 0.864. The summed E-state index contributed by atoms with van der Waals surface area (Å²) in [4.78, 5) is 18.8. The highest BCUT2D eigenvalue weighted by atomic mass is 28.4. The minimum absolute atomic E-state index is 0.410. The Bertz CT molecular complexity index is 574. The molecule has 10 heteroatoms. The summed E-state index contributed by atoms with van der Waals surface area (Å²) in [6.07, 6.45) is 4.86. The van der Waals surface area contributed by atoms with Gasteiger partial charge in [-0.25, -0.2) is 0 Å². The number of hydrogen-bond donors (Lipinski definition) is 1. The second-order valence-electron chi connectivity index (χ2n) is 7.46. The number of rotatable bonds is 19. The summed E-state index contributed by atoms with van der Waals surface area (Å²) < 4.78 is 17.9. The fourth-order valence-electron chi connectivity index (χ4n) is 3.34. The van der Waals surface area contributed by atoms with Crippen molar-refractivity contribution in [1.29, 1.82) is 0 Å². The Balaban J connectivity index is 3.25. The van der Waals surface area contributed by atoms with Gasteiger partial charge in [0.25, 0.3) is 0 Å². The van der Waals surface area contributed by atoms with Crippen molar-refractivity contribution < 1.29 is 13.3 Å². The standard InChI is InChI=1S/C22H46N6O3Si/c1-8-15-17-27(10-3)21-24-20(25-22(26-21)28(11-4)18-16-9-2)23-19-32(29-12-5,30-13-6)31-14-7/h8-19H2,1-7H3,(H,23,24,25,26). The normalized spacial score (nSPS) is 11.6. The molecule has 0 aromatic carbocycles. The molecule has 0 aliphatic carbocycles. The maximum Gasteiger partial charge on any atom is 0.521 e. The van der Waals surface area contributed by atoms with Gasteiger partial charge in [0.1, 0.15) is 0 Å². The van der Waals surface area contributed by atoms with Crippen LogP contribution < -0.4 is 15.1 Å². The molecule has 0 atom stereocenters. The summed E-state index contributed by atoms with van der Waals surface area (Å²) in [6.45, 7) is 19.7. The van der Waals surface area contributed by atoms with E-state index < -0.39 is 8.80 Å². The monoisotopic (exact) mass is 470 g/mol. The molecule has 1 aromatic heterocycles. The van der Waals surface area contributed by atoms with Crippen molar-refractivity contribution in [2.75, 3.05) is 67.3 Å². The van der Waals surface area contributed by atoms with E-state index in [0.29, 0.717) is 43.8 Å². The molecule has 1 N–H and O–H groups in total. The first-order chi connectivity index (χ1) is 15.5. The quantitative estimate of drug-likeness (QED) is 0.300.